The zero-order chi connectivity index (χ0) is 20.7. The van der Waals surface area contributed by atoms with Crippen molar-refractivity contribution >= 4 is 22.8 Å². The molecule has 1 atom stereocenters. The van der Waals surface area contributed by atoms with Gasteiger partial charge in [0.15, 0.2) is 0 Å². The summed E-state index contributed by atoms with van der Waals surface area (Å²) < 4.78 is 7.46. The summed E-state index contributed by atoms with van der Waals surface area (Å²) in [5.41, 5.74) is 3.68. The van der Waals surface area contributed by atoms with Gasteiger partial charge in [0.2, 0.25) is 0 Å². The molecule has 2 heterocycles. The maximum Gasteiger partial charge on any atom is 0.414 e. The van der Waals surface area contributed by atoms with Gasteiger partial charge in [0.05, 0.1) is 25.5 Å². The van der Waals surface area contributed by atoms with Gasteiger partial charge in [-0.15, -0.1) is 0 Å². The first-order chi connectivity index (χ1) is 13.3. The van der Waals surface area contributed by atoms with Gasteiger partial charge < -0.3 is 29.6 Å². The summed E-state index contributed by atoms with van der Waals surface area (Å²) in [5, 5.41) is 29.6. The summed E-state index contributed by atoms with van der Waals surface area (Å²) in [6.45, 7) is 6.00. The molecule has 0 aliphatic heterocycles. The van der Waals surface area contributed by atoms with Crippen LogP contribution in [-0.4, -0.2) is 44.5 Å². The number of aliphatic hydroxyl groups is 1. The molecule has 1 unspecified atom stereocenters. The second-order valence-corrected chi connectivity index (χ2v) is 6.31. The zero-order valence-electron chi connectivity index (χ0n) is 15.8. The van der Waals surface area contributed by atoms with Gasteiger partial charge >= 0.3 is 11.9 Å². The van der Waals surface area contributed by atoms with E-state index in [2.05, 4.69) is 41.9 Å². The minimum absolute atomic E-state index is 0.441. The second-order valence-electron chi connectivity index (χ2n) is 6.31. The number of furan rings is 1. The lowest BCUT2D eigenvalue weighted by atomic mass is 10.2. The van der Waals surface area contributed by atoms with Crippen LogP contribution in [0.25, 0.3) is 10.9 Å². The highest BCUT2D eigenvalue weighted by Crippen LogP contribution is 2.25. The van der Waals surface area contributed by atoms with E-state index >= 15 is 0 Å². The summed E-state index contributed by atoms with van der Waals surface area (Å²) in [4.78, 5) is 18.2. The van der Waals surface area contributed by atoms with Crippen molar-refractivity contribution in [2.45, 2.75) is 33.0 Å². The van der Waals surface area contributed by atoms with Crippen LogP contribution in [0.2, 0.25) is 0 Å². The number of aryl methyl sites for hydroxylation is 1. The lowest BCUT2D eigenvalue weighted by Gasteiger charge is -2.15. The van der Waals surface area contributed by atoms with Crippen LogP contribution >= 0.6 is 0 Å². The highest BCUT2D eigenvalue weighted by Gasteiger charge is 2.13. The van der Waals surface area contributed by atoms with E-state index in [-0.39, 0.29) is 0 Å². The molecule has 150 valence electrons. The molecule has 0 fully saturated rings. The van der Waals surface area contributed by atoms with E-state index < -0.39 is 18.0 Å². The molecule has 0 radical (unpaired) electrons. The smallest absolute Gasteiger partial charge is 0.414 e. The van der Waals surface area contributed by atoms with Crippen molar-refractivity contribution in [1.29, 1.82) is 0 Å². The fraction of sp³-hybridized carbons (Fsp3) is 0.300. The molecule has 0 aliphatic rings. The predicted octanol–water partition coefficient (Wildman–Crippen LogP) is 2.16. The first-order valence-corrected chi connectivity index (χ1v) is 8.73. The predicted molar refractivity (Wildman–Crippen MR) is 103 cm³/mol. The summed E-state index contributed by atoms with van der Waals surface area (Å²) >= 11 is 0. The minimum Gasteiger partial charge on any atom is -0.473 e. The Morgan fingerprint density at radius 1 is 1.11 bits per heavy atom. The SMILES string of the molecule is Cc1c(C)n(CC(O)CNCc2ccco2)c2ccccc12.O=C(O)C(=O)O. The Hall–Kier alpha value is -3.10. The molecule has 1 aromatic carbocycles. The number of aliphatic carboxylic acids is 2. The number of carboxylic acid groups (broad SMARTS) is 2. The molecule has 2 aromatic heterocycles. The van der Waals surface area contributed by atoms with Crippen molar-refractivity contribution in [2.75, 3.05) is 6.54 Å². The summed E-state index contributed by atoms with van der Waals surface area (Å²) in [6, 6.07) is 12.1. The Morgan fingerprint density at radius 3 is 2.39 bits per heavy atom. The van der Waals surface area contributed by atoms with E-state index in [4.69, 9.17) is 24.2 Å². The van der Waals surface area contributed by atoms with Crippen LogP contribution < -0.4 is 5.32 Å². The quantitative estimate of drug-likeness (QED) is 0.477. The number of para-hydroxylation sites is 1. The molecule has 0 saturated carbocycles. The number of aliphatic hydroxyl groups excluding tert-OH is 1. The maximum absolute atomic E-state index is 10.3. The van der Waals surface area contributed by atoms with Crippen molar-refractivity contribution < 1.29 is 29.3 Å². The minimum atomic E-state index is -1.82. The third kappa shape index (κ3) is 5.45. The highest BCUT2D eigenvalue weighted by atomic mass is 16.4. The van der Waals surface area contributed by atoms with Crippen molar-refractivity contribution in [3.63, 3.8) is 0 Å². The molecular formula is C20H24N2O6. The van der Waals surface area contributed by atoms with Crippen LogP contribution in [0.15, 0.2) is 47.1 Å². The number of nitrogens with one attached hydrogen (secondary N) is 1. The number of fused-ring (bicyclic) bond motifs is 1. The van der Waals surface area contributed by atoms with Gasteiger partial charge in [-0.3, -0.25) is 0 Å². The molecule has 0 spiro atoms. The lowest BCUT2D eigenvalue weighted by molar-refractivity contribution is -0.159. The zero-order valence-corrected chi connectivity index (χ0v) is 15.8. The second kappa shape index (κ2) is 9.72. The first-order valence-electron chi connectivity index (χ1n) is 8.73. The van der Waals surface area contributed by atoms with E-state index in [0.717, 1.165) is 5.76 Å². The monoisotopic (exact) mass is 388 g/mol. The molecular weight excluding hydrogens is 364 g/mol. The molecule has 0 amide bonds. The lowest BCUT2D eigenvalue weighted by Crippen LogP contribution is -2.30. The number of rotatable bonds is 6. The average molecular weight is 388 g/mol. The molecule has 8 heteroatoms. The molecule has 0 bridgehead atoms. The van der Waals surface area contributed by atoms with Gasteiger partial charge in [-0.2, -0.15) is 0 Å². The van der Waals surface area contributed by atoms with E-state index in [1.165, 1.54) is 22.2 Å². The normalized spacial score (nSPS) is 11.7. The first kappa shape index (κ1) is 21.2. The van der Waals surface area contributed by atoms with Crippen molar-refractivity contribution in [1.82, 2.24) is 9.88 Å². The fourth-order valence-corrected chi connectivity index (χ4v) is 2.89. The molecule has 0 saturated heterocycles. The summed E-state index contributed by atoms with van der Waals surface area (Å²) in [7, 11) is 0. The van der Waals surface area contributed by atoms with Gasteiger partial charge in [0, 0.05) is 23.1 Å². The van der Waals surface area contributed by atoms with Crippen molar-refractivity contribution in [3.8, 4) is 0 Å². The summed E-state index contributed by atoms with van der Waals surface area (Å²) in [5.74, 6) is -2.77. The standard InChI is InChI=1S/C18H22N2O2.C2H2O4/c1-13-14(2)20(18-8-4-3-7-17(13)18)12-15(21)10-19-11-16-6-5-9-22-16;3-1(4)2(5)6/h3-9,15,19,21H,10-12H2,1-2H3;(H,3,4)(H,5,6). The Morgan fingerprint density at radius 2 is 1.79 bits per heavy atom. The third-order valence-corrected chi connectivity index (χ3v) is 4.38. The molecule has 8 nitrogen and oxygen atoms in total. The van der Waals surface area contributed by atoms with E-state index in [0.29, 0.717) is 19.6 Å². The maximum atomic E-state index is 10.3. The number of benzene rings is 1. The van der Waals surface area contributed by atoms with Crippen LogP contribution in [0.3, 0.4) is 0 Å². The summed E-state index contributed by atoms with van der Waals surface area (Å²) in [6.07, 6.45) is 1.22. The van der Waals surface area contributed by atoms with Gasteiger partial charge in [-0.1, -0.05) is 18.2 Å². The van der Waals surface area contributed by atoms with Gasteiger partial charge in [-0.25, -0.2) is 9.59 Å². The Kier molecular flexibility index (Phi) is 7.36. The fourth-order valence-electron chi connectivity index (χ4n) is 2.89. The molecule has 0 aliphatic carbocycles. The van der Waals surface area contributed by atoms with Crippen LogP contribution in [-0.2, 0) is 22.7 Å². The average Bonchev–Trinajstić information content (AvgIpc) is 3.26. The van der Waals surface area contributed by atoms with Gasteiger partial charge in [-0.05, 0) is 37.6 Å². The Balaban J connectivity index is 0.000000409. The van der Waals surface area contributed by atoms with Crippen LogP contribution in [0.1, 0.15) is 17.0 Å². The third-order valence-electron chi connectivity index (χ3n) is 4.38. The van der Waals surface area contributed by atoms with Crippen LogP contribution in [0, 0.1) is 13.8 Å². The van der Waals surface area contributed by atoms with Crippen molar-refractivity contribution in [2.24, 2.45) is 0 Å². The van der Waals surface area contributed by atoms with E-state index in [1.807, 2.05) is 18.2 Å². The molecule has 28 heavy (non-hydrogen) atoms. The molecule has 3 rings (SSSR count). The Bertz CT molecular complexity index is 918. The molecule has 4 N–H and O–H groups in total. The number of hydrogen-bond acceptors (Lipinski definition) is 5. The highest BCUT2D eigenvalue weighted by molar-refractivity contribution is 6.27. The number of hydrogen-bond donors (Lipinski definition) is 4. The van der Waals surface area contributed by atoms with Crippen LogP contribution in [0.5, 0.6) is 0 Å². The van der Waals surface area contributed by atoms with Crippen molar-refractivity contribution in [3.05, 3.63) is 59.7 Å². The topological polar surface area (TPSA) is 125 Å². The molecule has 3 aromatic rings. The Labute approximate surface area is 162 Å². The van der Waals surface area contributed by atoms with Gasteiger partial charge in [0.25, 0.3) is 0 Å². The van der Waals surface area contributed by atoms with E-state index in [1.54, 1.807) is 6.26 Å². The number of aromatic nitrogens is 1. The van der Waals surface area contributed by atoms with Gasteiger partial charge in [0.1, 0.15) is 5.76 Å². The largest absolute Gasteiger partial charge is 0.473 e. The van der Waals surface area contributed by atoms with E-state index in [9.17, 15) is 5.11 Å². The number of carbonyl (C=O) groups is 2. The number of nitrogens with zero attached hydrogens (tertiary/aromatic N) is 1. The number of carboxylic acids is 2. The van der Waals surface area contributed by atoms with Crippen LogP contribution in [0.4, 0.5) is 0 Å².